The van der Waals surface area contributed by atoms with Crippen molar-refractivity contribution in [2.24, 2.45) is 0 Å². The topological polar surface area (TPSA) is 71.1 Å². The minimum Gasteiger partial charge on any atom is -0.349 e. The number of unbranched alkanes of at least 4 members (excludes halogenated alkanes) is 1. The van der Waals surface area contributed by atoms with Crippen LogP contribution in [-0.4, -0.2) is 22.8 Å². The first-order valence-electron chi connectivity index (χ1n) is 8.33. The summed E-state index contributed by atoms with van der Waals surface area (Å²) in [6.07, 6.45) is 5.11. The molecule has 1 fully saturated rings. The van der Waals surface area contributed by atoms with E-state index in [0.717, 1.165) is 37.8 Å². The van der Waals surface area contributed by atoms with Gasteiger partial charge in [-0.05, 0) is 37.8 Å². The normalized spacial score (nSPS) is 13.5. The summed E-state index contributed by atoms with van der Waals surface area (Å²) < 4.78 is 0. The molecule has 126 valence electrons. The van der Waals surface area contributed by atoms with E-state index in [-0.39, 0.29) is 17.9 Å². The van der Waals surface area contributed by atoms with Gasteiger partial charge < -0.3 is 10.6 Å². The van der Waals surface area contributed by atoms with Crippen LogP contribution in [0.3, 0.4) is 0 Å². The number of aromatic nitrogens is 1. The molecule has 1 aliphatic rings. The van der Waals surface area contributed by atoms with Crippen LogP contribution in [0.2, 0.25) is 0 Å². The summed E-state index contributed by atoms with van der Waals surface area (Å²) >= 11 is 1.34. The quantitative estimate of drug-likeness (QED) is 0.806. The zero-order chi connectivity index (χ0) is 16.9. The van der Waals surface area contributed by atoms with Gasteiger partial charge in [-0.25, -0.2) is 4.98 Å². The second-order valence-corrected chi connectivity index (χ2v) is 6.85. The molecule has 1 aliphatic carbocycles. The van der Waals surface area contributed by atoms with Gasteiger partial charge in [-0.1, -0.05) is 25.5 Å². The number of aryl methyl sites for hydroxylation is 1. The highest BCUT2D eigenvalue weighted by Crippen LogP contribution is 2.22. The maximum Gasteiger partial charge on any atom is 0.284 e. The van der Waals surface area contributed by atoms with E-state index in [2.05, 4.69) is 22.5 Å². The van der Waals surface area contributed by atoms with Crippen molar-refractivity contribution in [2.75, 3.05) is 5.32 Å². The number of nitrogens with one attached hydrogen (secondary N) is 2. The number of hydrogen-bond acceptors (Lipinski definition) is 4. The van der Waals surface area contributed by atoms with E-state index >= 15 is 0 Å². The van der Waals surface area contributed by atoms with Gasteiger partial charge in [-0.15, -0.1) is 11.3 Å². The Labute approximate surface area is 145 Å². The molecule has 2 amide bonds. The second kappa shape index (κ2) is 7.57. The van der Waals surface area contributed by atoms with Gasteiger partial charge in [0, 0.05) is 11.4 Å². The number of nitrogens with zero attached hydrogens (tertiary/aromatic N) is 1. The standard InChI is InChI=1S/C18H21N3O2S/c1-2-3-6-13-11-24-18(20-13)17(23)21-15-8-5-4-7-14(15)16(22)19-12-9-10-12/h4-5,7-8,11-12H,2-3,6,9-10H2,1H3,(H,19,22)(H,21,23). The molecule has 0 saturated heterocycles. The summed E-state index contributed by atoms with van der Waals surface area (Å²) in [5.41, 5.74) is 1.96. The van der Waals surface area contributed by atoms with Crippen LogP contribution in [0.1, 0.15) is 58.5 Å². The van der Waals surface area contributed by atoms with Crippen LogP contribution >= 0.6 is 11.3 Å². The smallest absolute Gasteiger partial charge is 0.284 e. The molecule has 0 bridgehead atoms. The van der Waals surface area contributed by atoms with Crippen molar-refractivity contribution >= 4 is 28.8 Å². The third-order valence-corrected chi connectivity index (χ3v) is 4.75. The van der Waals surface area contributed by atoms with Gasteiger partial charge in [0.25, 0.3) is 11.8 Å². The molecular formula is C18H21N3O2S. The van der Waals surface area contributed by atoms with Crippen LogP contribution in [0.25, 0.3) is 0 Å². The summed E-state index contributed by atoms with van der Waals surface area (Å²) in [4.78, 5) is 29.1. The molecule has 1 aromatic heterocycles. The van der Waals surface area contributed by atoms with E-state index in [4.69, 9.17) is 0 Å². The molecule has 1 heterocycles. The van der Waals surface area contributed by atoms with Crippen molar-refractivity contribution in [1.82, 2.24) is 10.3 Å². The Balaban J connectivity index is 1.69. The lowest BCUT2D eigenvalue weighted by Crippen LogP contribution is -2.27. The minimum absolute atomic E-state index is 0.142. The van der Waals surface area contributed by atoms with Crippen LogP contribution in [0.5, 0.6) is 0 Å². The van der Waals surface area contributed by atoms with Crippen LogP contribution in [-0.2, 0) is 6.42 Å². The monoisotopic (exact) mass is 343 g/mol. The third-order valence-electron chi connectivity index (χ3n) is 3.86. The zero-order valence-electron chi connectivity index (χ0n) is 13.7. The highest BCUT2D eigenvalue weighted by Gasteiger charge is 2.25. The molecule has 1 aromatic carbocycles. The number of rotatable bonds is 7. The third kappa shape index (κ3) is 4.20. The SMILES string of the molecule is CCCCc1csc(C(=O)Nc2ccccc2C(=O)NC2CC2)n1. The Morgan fingerprint density at radius 2 is 2.04 bits per heavy atom. The maximum absolute atomic E-state index is 12.4. The number of carbonyl (C=O) groups excluding carboxylic acids is 2. The molecule has 0 spiro atoms. The van der Waals surface area contributed by atoms with Crippen molar-refractivity contribution in [3.05, 3.63) is 45.9 Å². The Morgan fingerprint density at radius 1 is 1.25 bits per heavy atom. The second-order valence-electron chi connectivity index (χ2n) is 5.99. The average Bonchev–Trinajstić information content (AvgIpc) is 3.27. The van der Waals surface area contributed by atoms with Gasteiger partial charge in [0.2, 0.25) is 0 Å². The fourth-order valence-electron chi connectivity index (χ4n) is 2.34. The van der Waals surface area contributed by atoms with E-state index in [0.29, 0.717) is 16.3 Å². The minimum atomic E-state index is -0.269. The van der Waals surface area contributed by atoms with Crippen molar-refractivity contribution in [2.45, 2.75) is 45.1 Å². The first-order valence-corrected chi connectivity index (χ1v) is 9.21. The lowest BCUT2D eigenvalue weighted by molar-refractivity contribution is 0.0952. The van der Waals surface area contributed by atoms with Gasteiger partial charge in [-0.2, -0.15) is 0 Å². The maximum atomic E-state index is 12.4. The number of anilines is 1. The molecule has 0 radical (unpaired) electrons. The first kappa shape index (κ1) is 16.6. The first-order chi connectivity index (χ1) is 11.7. The predicted molar refractivity (Wildman–Crippen MR) is 95.6 cm³/mol. The average molecular weight is 343 g/mol. The zero-order valence-corrected chi connectivity index (χ0v) is 14.5. The molecule has 0 unspecified atom stereocenters. The van der Waals surface area contributed by atoms with E-state index in [1.807, 2.05) is 5.38 Å². The summed E-state index contributed by atoms with van der Waals surface area (Å²) in [5, 5.41) is 8.12. The van der Waals surface area contributed by atoms with Crippen molar-refractivity contribution in [3.8, 4) is 0 Å². The van der Waals surface area contributed by atoms with Crippen molar-refractivity contribution < 1.29 is 9.59 Å². The van der Waals surface area contributed by atoms with E-state index in [1.165, 1.54) is 11.3 Å². The van der Waals surface area contributed by atoms with Gasteiger partial charge in [0.1, 0.15) is 0 Å². The highest BCUT2D eigenvalue weighted by atomic mass is 32.1. The number of benzene rings is 1. The summed E-state index contributed by atoms with van der Waals surface area (Å²) in [6.45, 7) is 2.13. The molecule has 3 rings (SSSR count). The number of para-hydroxylation sites is 1. The largest absolute Gasteiger partial charge is 0.349 e. The Kier molecular flexibility index (Phi) is 5.25. The molecule has 0 aliphatic heterocycles. The van der Waals surface area contributed by atoms with Crippen LogP contribution in [0.15, 0.2) is 29.6 Å². The molecule has 5 nitrogen and oxygen atoms in total. The van der Waals surface area contributed by atoms with E-state index in [9.17, 15) is 9.59 Å². The van der Waals surface area contributed by atoms with Gasteiger partial charge in [0.15, 0.2) is 5.01 Å². The van der Waals surface area contributed by atoms with E-state index < -0.39 is 0 Å². The Morgan fingerprint density at radius 3 is 2.79 bits per heavy atom. The fourth-order valence-corrected chi connectivity index (χ4v) is 3.09. The molecule has 2 aromatic rings. The number of thiazole rings is 1. The number of hydrogen-bond donors (Lipinski definition) is 2. The Bertz CT molecular complexity index is 737. The van der Waals surface area contributed by atoms with Gasteiger partial charge >= 0.3 is 0 Å². The lowest BCUT2D eigenvalue weighted by atomic mass is 10.1. The highest BCUT2D eigenvalue weighted by molar-refractivity contribution is 7.11. The molecule has 24 heavy (non-hydrogen) atoms. The van der Waals surface area contributed by atoms with Gasteiger partial charge in [-0.3, -0.25) is 9.59 Å². The molecule has 2 N–H and O–H groups in total. The van der Waals surface area contributed by atoms with Crippen molar-refractivity contribution in [3.63, 3.8) is 0 Å². The molecule has 0 atom stereocenters. The molecule has 1 saturated carbocycles. The summed E-state index contributed by atoms with van der Waals surface area (Å²) in [7, 11) is 0. The van der Waals surface area contributed by atoms with Crippen LogP contribution < -0.4 is 10.6 Å². The van der Waals surface area contributed by atoms with Crippen molar-refractivity contribution in [1.29, 1.82) is 0 Å². The number of carbonyl (C=O) groups is 2. The summed E-state index contributed by atoms with van der Waals surface area (Å²) in [5.74, 6) is -0.411. The molecular weight excluding hydrogens is 322 g/mol. The number of amides is 2. The summed E-state index contributed by atoms with van der Waals surface area (Å²) in [6, 6.07) is 7.34. The predicted octanol–water partition coefficient (Wildman–Crippen LogP) is 3.63. The van der Waals surface area contributed by atoms with Gasteiger partial charge in [0.05, 0.1) is 16.9 Å². The molecule has 6 heteroatoms. The van der Waals surface area contributed by atoms with Crippen LogP contribution in [0.4, 0.5) is 5.69 Å². The van der Waals surface area contributed by atoms with Crippen LogP contribution in [0, 0.1) is 0 Å². The lowest BCUT2D eigenvalue weighted by Gasteiger charge is -2.10. The Hall–Kier alpha value is -2.21. The fraction of sp³-hybridized carbons (Fsp3) is 0.389. The van der Waals surface area contributed by atoms with E-state index in [1.54, 1.807) is 24.3 Å².